The summed E-state index contributed by atoms with van der Waals surface area (Å²) < 4.78 is 0. The molecule has 0 aliphatic heterocycles. The Kier molecular flexibility index (Phi) is 13.9. The van der Waals surface area contributed by atoms with Crippen LogP contribution < -0.4 is 27.4 Å². The van der Waals surface area contributed by atoms with Crippen molar-refractivity contribution >= 4 is 29.7 Å². The molecule has 0 saturated carbocycles. The largest absolute Gasteiger partial charge is 0.481 e. The normalized spacial score (nSPS) is 14.9. The highest BCUT2D eigenvalue weighted by molar-refractivity contribution is 5.94. The van der Waals surface area contributed by atoms with E-state index in [9.17, 15) is 29.1 Å². The topological polar surface area (TPSA) is 214 Å². The molecule has 0 aliphatic rings. The number of rotatable bonds is 17. The first-order valence-corrected chi connectivity index (χ1v) is 12.3. The van der Waals surface area contributed by atoms with E-state index in [4.69, 9.17) is 16.6 Å². The molecule has 0 spiro atoms. The summed E-state index contributed by atoms with van der Waals surface area (Å²) in [4.78, 5) is 61.5. The molecular weight excluding hydrogens is 482 g/mol. The van der Waals surface area contributed by atoms with Crippen LogP contribution in [-0.2, 0) is 30.4 Å². The molecule has 0 aliphatic carbocycles. The van der Waals surface area contributed by atoms with Crippen LogP contribution in [0, 0.1) is 5.92 Å². The van der Waals surface area contributed by atoms with Crippen molar-refractivity contribution in [1.29, 1.82) is 0 Å². The minimum atomic E-state index is -1.36. The van der Waals surface area contributed by atoms with Gasteiger partial charge in [0.2, 0.25) is 17.7 Å². The maximum atomic E-state index is 13.2. The van der Waals surface area contributed by atoms with E-state index in [1.54, 1.807) is 44.2 Å². The van der Waals surface area contributed by atoms with E-state index >= 15 is 0 Å². The zero-order valence-electron chi connectivity index (χ0n) is 21.3. The van der Waals surface area contributed by atoms with Gasteiger partial charge in [-0.3, -0.25) is 19.2 Å². The van der Waals surface area contributed by atoms with Crippen LogP contribution in [0.1, 0.15) is 51.5 Å². The van der Waals surface area contributed by atoms with E-state index in [0.29, 0.717) is 25.8 Å². The van der Waals surface area contributed by atoms with E-state index in [0.717, 1.165) is 5.56 Å². The molecule has 0 aromatic heterocycles. The minimum absolute atomic E-state index is 0.0766. The Morgan fingerprint density at radius 1 is 0.892 bits per heavy atom. The van der Waals surface area contributed by atoms with Crippen LogP contribution in [0.2, 0.25) is 0 Å². The molecule has 37 heavy (non-hydrogen) atoms. The molecular formula is C25H39N5O7. The lowest BCUT2D eigenvalue weighted by atomic mass is 9.98. The van der Waals surface area contributed by atoms with Crippen LogP contribution in [-0.4, -0.2) is 70.6 Å². The van der Waals surface area contributed by atoms with Gasteiger partial charge in [0.05, 0.1) is 12.5 Å². The molecule has 5 atom stereocenters. The minimum Gasteiger partial charge on any atom is -0.481 e. The Labute approximate surface area is 216 Å². The second kappa shape index (κ2) is 16.3. The number of amides is 3. The average Bonchev–Trinajstić information content (AvgIpc) is 2.85. The fourth-order valence-corrected chi connectivity index (χ4v) is 3.59. The molecule has 0 fully saturated rings. The predicted molar refractivity (Wildman–Crippen MR) is 136 cm³/mol. The molecule has 12 nitrogen and oxygen atoms in total. The van der Waals surface area contributed by atoms with Gasteiger partial charge in [-0.1, -0.05) is 50.6 Å². The second-order valence-corrected chi connectivity index (χ2v) is 9.01. The lowest BCUT2D eigenvalue weighted by Gasteiger charge is -2.26. The highest BCUT2D eigenvalue weighted by Gasteiger charge is 2.32. The quantitative estimate of drug-likeness (QED) is 0.134. The first-order valence-electron chi connectivity index (χ1n) is 12.3. The van der Waals surface area contributed by atoms with Gasteiger partial charge in [0.1, 0.15) is 18.1 Å². The number of hydrogen-bond acceptors (Lipinski definition) is 7. The van der Waals surface area contributed by atoms with Crippen molar-refractivity contribution in [3.8, 4) is 0 Å². The van der Waals surface area contributed by atoms with Gasteiger partial charge in [-0.2, -0.15) is 0 Å². The van der Waals surface area contributed by atoms with Gasteiger partial charge in [-0.25, -0.2) is 4.79 Å². The number of carbonyl (C=O) groups excluding carboxylic acids is 3. The molecule has 5 unspecified atom stereocenters. The number of carboxylic acids is 2. The van der Waals surface area contributed by atoms with E-state index in [-0.39, 0.29) is 18.8 Å². The Hall–Kier alpha value is -3.51. The first-order chi connectivity index (χ1) is 17.5. The van der Waals surface area contributed by atoms with Gasteiger partial charge < -0.3 is 37.6 Å². The molecule has 1 rings (SSSR count). The Morgan fingerprint density at radius 2 is 1.49 bits per heavy atom. The molecule has 0 radical (unpaired) electrons. The van der Waals surface area contributed by atoms with Gasteiger partial charge in [0.15, 0.2) is 0 Å². The number of unbranched alkanes of at least 4 members (excludes halogenated alkanes) is 1. The lowest BCUT2D eigenvalue weighted by Crippen LogP contribution is -2.58. The fraction of sp³-hybridized carbons (Fsp3) is 0.560. The Morgan fingerprint density at radius 3 is 2.03 bits per heavy atom. The number of carbonyl (C=O) groups is 5. The van der Waals surface area contributed by atoms with Crippen LogP contribution in [0.15, 0.2) is 30.3 Å². The van der Waals surface area contributed by atoms with Crippen LogP contribution in [0.4, 0.5) is 0 Å². The number of nitrogens with two attached hydrogens (primary N) is 2. The number of benzene rings is 1. The van der Waals surface area contributed by atoms with Gasteiger partial charge in [-0.05, 0) is 37.3 Å². The summed E-state index contributed by atoms with van der Waals surface area (Å²) in [5, 5.41) is 26.1. The first kappa shape index (κ1) is 31.5. The van der Waals surface area contributed by atoms with Crippen LogP contribution >= 0.6 is 0 Å². The van der Waals surface area contributed by atoms with Gasteiger partial charge in [0, 0.05) is 6.42 Å². The molecule has 3 amide bonds. The van der Waals surface area contributed by atoms with E-state index in [1.807, 2.05) is 0 Å². The molecule has 1 aromatic rings. The highest BCUT2D eigenvalue weighted by Crippen LogP contribution is 2.11. The van der Waals surface area contributed by atoms with Crippen molar-refractivity contribution in [3.05, 3.63) is 35.9 Å². The standard InChI is InChI=1S/C25H39N5O7/c1-3-15(2)21(25(36)37)30-24(35)19(13-16-9-5-4-6-10-16)29-23(34)18(11-7-8-12-26)28-22(33)17(27)14-20(31)32/h4-6,9-10,15,17-19,21H,3,7-8,11-14,26-27H2,1-2H3,(H,28,33)(H,29,34)(H,30,35)(H,31,32)(H,36,37). The third kappa shape index (κ3) is 11.4. The maximum absolute atomic E-state index is 13.2. The van der Waals surface area contributed by atoms with Crippen molar-refractivity contribution in [2.75, 3.05) is 6.54 Å². The molecule has 1 aromatic carbocycles. The Balaban J connectivity index is 3.14. The summed E-state index contributed by atoms with van der Waals surface area (Å²) in [5.41, 5.74) is 11.9. The predicted octanol–water partition coefficient (Wildman–Crippen LogP) is -0.255. The molecule has 12 heteroatoms. The summed E-state index contributed by atoms with van der Waals surface area (Å²) in [6.45, 7) is 3.87. The van der Waals surface area contributed by atoms with Gasteiger partial charge in [0.25, 0.3) is 0 Å². The molecule has 206 valence electrons. The summed E-state index contributed by atoms with van der Waals surface area (Å²) in [7, 11) is 0. The molecule has 9 N–H and O–H groups in total. The van der Waals surface area contributed by atoms with Crippen LogP contribution in [0.25, 0.3) is 0 Å². The fourth-order valence-electron chi connectivity index (χ4n) is 3.59. The zero-order chi connectivity index (χ0) is 28.0. The average molecular weight is 522 g/mol. The molecule has 0 saturated heterocycles. The number of aliphatic carboxylic acids is 2. The van der Waals surface area contributed by atoms with Crippen molar-refractivity contribution in [3.63, 3.8) is 0 Å². The van der Waals surface area contributed by atoms with Crippen molar-refractivity contribution in [2.45, 2.75) is 76.5 Å². The SMILES string of the molecule is CCC(C)C(NC(=O)C(Cc1ccccc1)NC(=O)C(CCCCN)NC(=O)C(N)CC(=O)O)C(=O)O. The number of hydrogen-bond donors (Lipinski definition) is 7. The summed E-state index contributed by atoms with van der Waals surface area (Å²) >= 11 is 0. The third-order valence-electron chi connectivity index (χ3n) is 6.00. The number of carboxylic acid groups (broad SMARTS) is 2. The molecule has 0 bridgehead atoms. The smallest absolute Gasteiger partial charge is 0.326 e. The maximum Gasteiger partial charge on any atom is 0.326 e. The summed E-state index contributed by atoms with van der Waals surface area (Å²) in [6.07, 6.45) is 1.21. The van der Waals surface area contributed by atoms with E-state index in [2.05, 4.69) is 16.0 Å². The van der Waals surface area contributed by atoms with E-state index in [1.165, 1.54) is 0 Å². The lowest BCUT2D eigenvalue weighted by molar-refractivity contribution is -0.143. The van der Waals surface area contributed by atoms with Crippen molar-refractivity contribution in [1.82, 2.24) is 16.0 Å². The van der Waals surface area contributed by atoms with Crippen molar-refractivity contribution < 1.29 is 34.2 Å². The van der Waals surface area contributed by atoms with Crippen LogP contribution in [0.5, 0.6) is 0 Å². The summed E-state index contributed by atoms with van der Waals surface area (Å²) in [6, 6.07) is 4.11. The highest BCUT2D eigenvalue weighted by atomic mass is 16.4. The van der Waals surface area contributed by atoms with E-state index < -0.39 is 60.2 Å². The van der Waals surface area contributed by atoms with Crippen LogP contribution in [0.3, 0.4) is 0 Å². The van der Waals surface area contributed by atoms with Crippen molar-refractivity contribution in [2.24, 2.45) is 17.4 Å². The monoisotopic (exact) mass is 521 g/mol. The zero-order valence-corrected chi connectivity index (χ0v) is 21.3. The number of nitrogens with one attached hydrogen (secondary N) is 3. The third-order valence-corrected chi connectivity index (χ3v) is 6.00. The molecule has 0 heterocycles. The van der Waals surface area contributed by atoms with Gasteiger partial charge >= 0.3 is 11.9 Å². The summed E-state index contributed by atoms with van der Waals surface area (Å²) in [5.74, 6) is -4.98. The second-order valence-electron chi connectivity index (χ2n) is 9.01. The van der Waals surface area contributed by atoms with Gasteiger partial charge in [-0.15, -0.1) is 0 Å². The Bertz CT molecular complexity index is 912.